The van der Waals surface area contributed by atoms with Crippen LogP contribution in [0.1, 0.15) is 20.3 Å². The van der Waals surface area contributed by atoms with Crippen LogP contribution in [0.15, 0.2) is 0 Å². The first-order chi connectivity index (χ1) is 10.3. The van der Waals surface area contributed by atoms with Crippen molar-refractivity contribution in [2.24, 2.45) is 5.92 Å². The van der Waals surface area contributed by atoms with Crippen LogP contribution in [-0.2, 0) is 37.1 Å². The van der Waals surface area contributed by atoms with Gasteiger partial charge in [0.2, 0.25) is 0 Å². The number of carbonyl (C=O) groups is 3. The molecule has 0 fully saturated rings. The highest BCUT2D eigenvalue weighted by Crippen LogP contribution is 2.20. The lowest BCUT2D eigenvalue weighted by Crippen LogP contribution is -2.45. The summed E-state index contributed by atoms with van der Waals surface area (Å²) < 4.78 is 25.4. The minimum Gasteiger partial charge on any atom is -0.462 e. The highest BCUT2D eigenvalue weighted by molar-refractivity contribution is 6.60. The molecular weight excluding hydrogens is 312 g/mol. The molecule has 0 aromatic heterocycles. The van der Waals surface area contributed by atoms with E-state index in [2.05, 4.69) is 0 Å². The van der Waals surface area contributed by atoms with E-state index >= 15 is 0 Å². The Morgan fingerprint density at radius 1 is 0.955 bits per heavy atom. The van der Waals surface area contributed by atoms with E-state index in [1.165, 1.54) is 28.3 Å². The molecule has 0 rings (SSSR count). The summed E-state index contributed by atoms with van der Waals surface area (Å²) in [6, 6.07) is 0.277. The molecule has 0 radical (unpaired) electrons. The van der Waals surface area contributed by atoms with E-state index in [0.717, 1.165) is 0 Å². The topological polar surface area (TPSA) is 97.4 Å². The van der Waals surface area contributed by atoms with Gasteiger partial charge in [-0.1, -0.05) is 6.92 Å². The summed E-state index contributed by atoms with van der Waals surface area (Å²) in [5.74, 6) is -1.87. The van der Waals surface area contributed by atoms with Gasteiger partial charge in [0.25, 0.3) is 0 Å². The number of ether oxygens (including phenoxy) is 2. The van der Waals surface area contributed by atoms with E-state index in [9.17, 15) is 14.4 Å². The van der Waals surface area contributed by atoms with Gasteiger partial charge >= 0.3 is 20.7 Å². The Balaban J connectivity index is 4.11. The fourth-order valence-electron chi connectivity index (χ4n) is 1.65. The molecule has 0 aromatic rings. The van der Waals surface area contributed by atoms with Gasteiger partial charge in [-0.05, 0) is 6.92 Å². The second kappa shape index (κ2) is 10.4. The van der Waals surface area contributed by atoms with Gasteiger partial charge in [-0.15, -0.1) is 0 Å². The maximum Gasteiger partial charge on any atom is 0.501 e. The maximum atomic E-state index is 11.8. The summed E-state index contributed by atoms with van der Waals surface area (Å²) in [7, 11) is 1.54. The standard InChI is InChI=1S/C13H24O8Si/c1-10(9-22(17-3,18-4)19-5)13(16)21-7-6-20-12(15)8-11(2)14/h10H,6-9H2,1-5H3. The third-order valence-electron chi connectivity index (χ3n) is 2.88. The van der Waals surface area contributed by atoms with Crippen LogP contribution in [-0.4, -0.2) is 61.1 Å². The third-order valence-corrected chi connectivity index (χ3v) is 5.85. The first kappa shape index (κ1) is 20.7. The Labute approximate surface area is 131 Å². The lowest BCUT2D eigenvalue weighted by molar-refractivity contribution is -0.155. The molecule has 8 nitrogen and oxygen atoms in total. The van der Waals surface area contributed by atoms with Gasteiger partial charge in [0.1, 0.15) is 25.4 Å². The number of carbonyl (C=O) groups excluding carboxylic acids is 3. The summed E-state index contributed by atoms with van der Waals surface area (Å²) in [6.45, 7) is 2.80. The highest BCUT2D eigenvalue weighted by atomic mass is 28.4. The van der Waals surface area contributed by atoms with Gasteiger partial charge in [-0.3, -0.25) is 14.4 Å². The molecule has 0 bridgehead atoms. The number of ketones is 1. The molecule has 0 saturated carbocycles. The van der Waals surface area contributed by atoms with Crippen LogP contribution in [0.2, 0.25) is 6.04 Å². The number of rotatable bonds is 11. The van der Waals surface area contributed by atoms with E-state index in [1.54, 1.807) is 6.92 Å². The van der Waals surface area contributed by atoms with Crippen molar-refractivity contribution in [3.63, 3.8) is 0 Å². The molecule has 1 unspecified atom stereocenters. The van der Waals surface area contributed by atoms with Crippen LogP contribution in [0.5, 0.6) is 0 Å². The molecule has 0 amide bonds. The third kappa shape index (κ3) is 7.64. The van der Waals surface area contributed by atoms with Gasteiger partial charge < -0.3 is 22.8 Å². The van der Waals surface area contributed by atoms with Crippen molar-refractivity contribution < 1.29 is 37.1 Å². The summed E-state index contributed by atoms with van der Waals surface area (Å²) in [4.78, 5) is 33.6. The van der Waals surface area contributed by atoms with Crippen LogP contribution in [0.4, 0.5) is 0 Å². The van der Waals surface area contributed by atoms with E-state index in [0.29, 0.717) is 0 Å². The lowest BCUT2D eigenvalue weighted by Gasteiger charge is -2.26. The van der Waals surface area contributed by atoms with Crippen molar-refractivity contribution in [2.75, 3.05) is 34.5 Å². The summed E-state index contributed by atoms with van der Waals surface area (Å²) in [5.41, 5.74) is 0. The van der Waals surface area contributed by atoms with E-state index in [-0.39, 0.29) is 31.5 Å². The van der Waals surface area contributed by atoms with E-state index in [4.69, 9.17) is 22.8 Å². The predicted octanol–water partition coefficient (Wildman–Crippen LogP) is 0.566. The molecule has 0 aromatic carbocycles. The van der Waals surface area contributed by atoms with Crippen LogP contribution >= 0.6 is 0 Å². The number of Topliss-reactive ketones (excluding diaryl/α,β-unsaturated/α-hetero) is 1. The van der Waals surface area contributed by atoms with Gasteiger partial charge in [0, 0.05) is 27.4 Å². The average Bonchev–Trinajstić information content (AvgIpc) is 2.48. The monoisotopic (exact) mass is 336 g/mol. The SMILES string of the molecule is CO[Si](CC(C)C(=O)OCCOC(=O)CC(C)=O)(OC)OC. The molecule has 0 spiro atoms. The number of hydrogen-bond acceptors (Lipinski definition) is 8. The van der Waals surface area contributed by atoms with Crippen LogP contribution in [0.25, 0.3) is 0 Å². The molecule has 0 saturated heterocycles. The van der Waals surface area contributed by atoms with Crippen molar-refractivity contribution >= 4 is 26.5 Å². The maximum absolute atomic E-state index is 11.8. The normalized spacial score (nSPS) is 12.6. The largest absolute Gasteiger partial charge is 0.501 e. The van der Waals surface area contributed by atoms with Crippen molar-refractivity contribution in [2.45, 2.75) is 26.3 Å². The van der Waals surface area contributed by atoms with E-state index < -0.39 is 26.7 Å². The second-order valence-corrected chi connectivity index (χ2v) is 7.67. The fraction of sp³-hybridized carbons (Fsp3) is 0.769. The Morgan fingerprint density at radius 2 is 1.45 bits per heavy atom. The van der Waals surface area contributed by atoms with Crippen molar-refractivity contribution in [3.05, 3.63) is 0 Å². The molecule has 0 aliphatic carbocycles. The van der Waals surface area contributed by atoms with Crippen molar-refractivity contribution in [3.8, 4) is 0 Å². The number of hydrogen-bond donors (Lipinski definition) is 0. The fourth-order valence-corrected chi connectivity index (χ4v) is 3.57. The van der Waals surface area contributed by atoms with Crippen molar-refractivity contribution in [1.29, 1.82) is 0 Å². The molecule has 0 aliphatic rings. The lowest BCUT2D eigenvalue weighted by atomic mass is 10.2. The zero-order valence-corrected chi connectivity index (χ0v) is 14.7. The Kier molecular flexibility index (Phi) is 9.82. The second-order valence-electron chi connectivity index (χ2n) is 4.67. The first-order valence-corrected chi connectivity index (χ1v) is 8.70. The Bertz CT molecular complexity index is 372. The summed E-state index contributed by atoms with van der Waals surface area (Å²) >= 11 is 0. The Hall–Kier alpha value is -1.29. The zero-order valence-electron chi connectivity index (χ0n) is 13.7. The average molecular weight is 336 g/mol. The Morgan fingerprint density at radius 3 is 1.91 bits per heavy atom. The summed E-state index contributed by atoms with van der Waals surface area (Å²) in [5, 5.41) is 0. The molecule has 0 N–H and O–H groups in total. The molecule has 22 heavy (non-hydrogen) atoms. The van der Waals surface area contributed by atoms with Gasteiger partial charge in [0.15, 0.2) is 0 Å². The molecular formula is C13H24O8Si. The molecule has 1 atom stereocenters. The number of esters is 2. The zero-order chi connectivity index (χ0) is 17.2. The molecule has 0 heterocycles. The van der Waals surface area contributed by atoms with Crippen LogP contribution in [0.3, 0.4) is 0 Å². The predicted molar refractivity (Wildman–Crippen MR) is 78.0 cm³/mol. The smallest absolute Gasteiger partial charge is 0.462 e. The van der Waals surface area contributed by atoms with Gasteiger partial charge in [-0.25, -0.2) is 0 Å². The minimum atomic E-state index is -2.85. The van der Waals surface area contributed by atoms with Gasteiger partial charge in [-0.2, -0.15) is 0 Å². The molecule has 9 heteroatoms. The molecule has 128 valence electrons. The highest BCUT2D eigenvalue weighted by Gasteiger charge is 2.41. The first-order valence-electron chi connectivity index (χ1n) is 6.77. The molecule has 0 aliphatic heterocycles. The summed E-state index contributed by atoms with van der Waals surface area (Å²) in [6.07, 6.45) is -0.284. The van der Waals surface area contributed by atoms with E-state index in [1.807, 2.05) is 0 Å². The quantitative estimate of drug-likeness (QED) is 0.234. The van der Waals surface area contributed by atoms with Crippen molar-refractivity contribution in [1.82, 2.24) is 0 Å². The minimum absolute atomic E-state index is 0.0751. The van der Waals surface area contributed by atoms with Gasteiger partial charge in [0.05, 0.1) is 5.92 Å². The van der Waals surface area contributed by atoms with Crippen LogP contribution in [0, 0.1) is 5.92 Å². The van der Waals surface area contributed by atoms with Crippen LogP contribution < -0.4 is 0 Å².